The van der Waals surface area contributed by atoms with Crippen molar-refractivity contribution in [3.05, 3.63) is 54.4 Å². The maximum Gasteiger partial charge on any atom is 0.338 e. The van der Waals surface area contributed by atoms with Gasteiger partial charge in [-0.25, -0.2) is 4.79 Å². The third-order valence-electron chi connectivity index (χ3n) is 2.72. The molecule has 0 fully saturated rings. The number of rotatable bonds is 4. The van der Waals surface area contributed by atoms with E-state index in [0.717, 1.165) is 0 Å². The standard InChI is InChI=1S/C15H15N3O3/c1-10(14(19)18-13-5-7-17-8-6-13)21-15(20)11-3-2-4-12(16)9-11/h2-10H,16H2,1H3,(H,17,18,19). The predicted octanol–water partition coefficient (Wildman–Crippen LogP) is 1.85. The number of pyridine rings is 1. The molecule has 1 amide bonds. The van der Waals surface area contributed by atoms with Crippen molar-refractivity contribution in [2.75, 3.05) is 11.1 Å². The summed E-state index contributed by atoms with van der Waals surface area (Å²) in [6, 6.07) is 9.67. The number of ether oxygens (including phenoxy) is 1. The third-order valence-corrected chi connectivity index (χ3v) is 2.72. The lowest BCUT2D eigenvalue weighted by Gasteiger charge is -2.13. The first-order chi connectivity index (χ1) is 10.1. The number of esters is 1. The predicted molar refractivity (Wildman–Crippen MR) is 78.6 cm³/mol. The molecule has 0 radical (unpaired) electrons. The second-order valence-corrected chi connectivity index (χ2v) is 4.40. The average Bonchev–Trinajstić information content (AvgIpc) is 2.48. The minimum Gasteiger partial charge on any atom is -0.449 e. The van der Waals surface area contributed by atoms with E-state index in [1.807, 2.05) is 0 Å². The summed E-state index contributed by atoms with van der Waals surface area (Å²) in [6.07, 6.45) is 2.19. The van der Waals surface area contributed by atoms with Gasteiger partial charge in [-0.05, 0) is 37.3 Å². The number of nitrogens with zero attached hydrogens (tertiary/aromatic N) is 1. The molecule has 0 saturated heterocycles. The number of anilines is 2. The first-order valence-electron chi connectivity index (χ1n) is 6.33. The van der Waals surface area contributed by atoms with E-state index in [1.165, 1.54) is 13.0 Å². The van der Waals surface area contributed by atoms with Gasteiger partial charge in [-0.1, -0.05) is 6.07 Å². The maximum absolute atomic E-state index is 11.9. The molecular weight excluding hydrogens is 270 g/mol. The molecule has 6 heteroatoms. The van der Waals surface area contributed by atoms with Crippen LogP contribution in [0.15, 0.2) is 48.8 Å². The number of hydrogen-bond acceptors (Lipinski definition) is 5. The van der Waals surface area contributed by atoms with Crippen molar-refractivity contribution in [1.82, 2.24) is 4.98 Å². The van der Waals surface area contributed by atoms with Gasteiger partial charge < -0.3 is 15.8 Å². The summed E-state index contributed by atoms with van der Waals surface area (Å²) in [7, 11) is 0. The van der Waals surface area contributed by atoms with Gasteiger partial charge in [0, 0.05) is 23.8 Å². The smallest absolute Gasteiger partial charge is 0.338 e. The molecule has 0 aliphatic carbocycles. The lowest BCUT2D eigenvalue weighted by atomic mass is 10.2. The van der Waals surface area contributed by atoms with Gasteiger partial charge in [0.1, 0.15) is 0 Å². The Morgan fingerprint density at radius 3 is 2.62 bits per heavy atom. The molecule has 6 nitrogen and oxygen atoms in total. The number of hydrogen-bond donors (Lipinski definition) is 2. The van der Waals surface area contributed by atoms with Crippen LogP contribution < -0.4 is 11.1 Å². The molecular formula is C15H15N3O3. The van der Waals surface area contributed by atoms with Crippen LogP contribution >= 0.6 is 0 Å². The quantitative estimate of drug-likeness (QED) is 0.660. The topological polar surface area (TPSA) is 94.3 Å². The Balaban J connectivity index is 1.96. The number of nitrogens with two attached hydrogens (primary N) is 1. The van der Waals surface area contributed by atoms with Gasteiger partial charge in [-0.3, -0.25) is 9.78 Å². The number of carbonyl (C=O) groups is 2. The highest BCUT2D eigenvalue weighted by atomic mass is 16.5. The molecule has 0 spiro atoms. The highest BCUT2D eigenvalue weighted by Crippen LogP contribution is 2.10. The Hall–Kier alpha value is -2.89. The second-order valence-electron chi connectivity index (χ2n) is 4.40. The summed E-state index contributed by atoms with van der Waals surface area (Å²) >= 11 is 0. The SMILES string of the molecule is CC(OC(=O)c1cccc(N)c1)C(=O)Nc1ccncc1. The van der Waals surface area contributed by atoms with Gasteiger partial charge in [0.25, 0.3) is 5.91 Å². The number of amides is 1. The largest absolute Gasteiger partial charge is 0.449 e. The Kier molecular flexibility index (Phi) is 4.50. The van der Waals surface area contributed by atoms with Crippen LogP contribution in [0.5, 0.6) is 0 Å². The van der Waals surface area contributed by atoms with Crippen LogP contribution in [-0.4, -0.2) is 23.0 Å². The van der Waals surface area contributed by atoms with Crippen LogP contribution in [0, 0.1) is 0 Å². The fourth-order valence-corrected chi connectivity index (χ4v) is 1.63. The number of aromatic nitrogens is 1. The minimum atomic E-state index is -0.924. The molecule has 1 unspecified atom stereocenters. The number of benzene rings is 1. The Morgan fingerprint density at radius 2 is 1.95 bits per heavy atom. The second kappa shape index (κ2) is 6.51. The summed E-state index contributed by atoms with van der Waals surface area (Å²) in [5.74, 6) is -1.02. The zero-order valence-corrected chi connectivity index (χ0v) is 11.4. The molecule has 1 heterocycles. The molecule has 2 aromatic rings. The van der Waals surface area contributed by atoms with Crippen molar-refractivity contribution in [2.45, 2.75) is 13.0 Å². The Bertz CT molecular complexity index is 644. The van der Waals surface area contributed by atoms with E-state index in [-0.39, 0.29) is 0 Å². The Labute approximate surface area is 121 Å². The van der Waals surface area contributed by atoms with Gasteiger partial charge in [0.15, 0.2) is 6.10 Å². The summed E-state index contributed by atoms with van der Waals surface area (Å²) in [4.78, 5) is 27.7. The van der Waals surface area contributed by atoms with Gasteiger partial charge >= 0.3 is 5.97 Å². The first kappa shape index (κ1) is 14.5. The van der Waals surface area contributed by atoms with Crippen molar-refractivity contribution in [3.8, 4) is 0 Å². The fraction of sp³-hybridized carbons (Fsp3) is 0.133. The minimum absolute atomic E-state index is 0.304. The van der Waals surface area contributed by atoms with Crippen LogP contribution in [0.3, 0.4) is 0 Å². The first-order valence-corrected chi connectivity index (χ1v) is 6.33. The number of nitrogen functional groups attached to an aromatic ring is 1. The van der Waals surface area contributed by atoms with E-state index in [4.69, 9.17) is 10.5 Å². The average molecular weight is 285 g/mol. The molecule has 1 atom stereocenters. The molecule has 3 N–H and O–H groups in total. The van der Waals surface area contributed by atoms with E-state index < -0.39 is 18.0 Å². The van der Waals surface area contributed by atoms with Crippen LogP contribution in [0.4, 0.5) is 11.4 Å². The molecule has 1 aromatic carbocycles. The van der Waals surface area contributed by atoms with E-state index in [0.29, 0.717) is 16.9 Å². The summed E-state index contributed by atoms with van der Waals surface area (Å²) in [6.45, 7) is 1.50. The van der Waals surface area contributed by atoms with Crippen molar-refractivity contribution >= 4 is 23.3 Å². The summed E-state index contributed by atoms with van der Waals surface area (Å²) < 4.78 is 5.10. The zero-order valence-electron chi connectivity index (χ0n) is 11.4. The summed E-state index contributed by atoms with van der Waals surface area (Å²) in [5, 5.41) is 2.63. The van der Waals surface area contributed by atoms with Crippen LogP contribution in [-0.2, 0) is 9.53 Å². The van der Waals surface area contributed by atoms with Crippen LogP contribution in [0.1, 0.15) is 17.3 Å². The zero-order chi connectivity index (χ0) is 15.2. The van der Waals surface area contributed by atoms with Gasteiger partial charge in [0.05, 0.1) is 5.56 Å². The highest BCUT2D eigenvalue weighted by molar-refractivity contribution is 5.97. The number of carbonyl (C=O) groups excluding carboxylic acids is 2. The molecule has 0 aliphatic rings. The molecule has 1 aromatic heterocycles. The molecule has 108 valence electrons. The summed E-state index contributed by atoms with van der Waals surface area (Å²) in [5.41, 5.74) is 6.94. The van der Waals surface area contributed by atoms with E-state index in [2.05, 4.69) is 10.3 Å². The molecule has 0 aliphatic heterocycles. The molecule has 0 bridgehead atoms. The highest BCUT2D eigenvalue weighted by Gasteiger charge is 2.19. The molecule has 2 rings (SSSR count). The van der Waals surface area contributed by atoms with Crippen molar-refractivity contribution < 1.29 is 14.3 Å². The lowest BCUT2D eigenvalue weighted by molar-refractivity contribution is -0.123. The molecule has 0 saturated carbocycles. The Morgan fingerprint density at radius 1 is 1.24 bits per heavy atom. The normalized spacial score (nSPS) is 11.5. The van der Waals surface area contributed by atoms with Gasteiger partial charge in [-0.2, -0.15) is 0 Å². The van der Waals surface area contributed by atoms with E-state index in [9.17, 15) is 9.59 Å². The monoisotopic (exact) mass is 285 g/mol. The van der Waals surface area contributed by atoms with Crippen molar-refractivity contribution in [1.29, 1.82) is 0 Å². The van der Waals surface area contributed by atoms with Crippen LogP contribution in [0.25, 0.3) is 0 Å². The fourth-order valence-electron chi connectivity index (χ4n) is 1.63. The third kappa shape index (κ3) is 4.04. The lowest BCUT2D eigenvalue weighted by Crippen LogP contribution is -2.30. The molecule has 21 heavy (non-hydrogen) atoms. The van der Waals surface area contributed by atoms with Crippen molar-refractivity contribution in [3.63, 3.8) is 0 Å². The number of nitrogens with one attached hydrogen (secondary N) is 1. The van der Waals surface area contributed by atoms with Crippen molar-refractivity contribution in [2.24, 2.45) is 0 Å². The van der Waals surface area contributed by atoms with Crippen LogP contribution in [0.2, 0.25) is 0 Å². The van der Waals surface area contributed by atoms with Gasteiger partial charge in [-0.15, -0.1) is 0 Å². The van der Waals surface area contributed by atoms with E-state index in [1.54, 1.807) is 42.7 Å². The maximum atomic E-state index is 11.9. The van der Waals surface area contributed by atoms with Gasteiger partial charge in [0.2, 0.25) is 0 Å². The van der Waals surface area contributed by atoms with E-state index >= 15 is 0 Å².